The van der Waals surface area contributed by atoms with Gasteiger partial charge in [0.2, 0.25) is 0 Å². The quantitative estimate of drug-likeness (QED) is 0.172. The third-order valence-corrected chi connectivity index (χ3v) is 11.0. The van der Waals surface area contributed by atoms with Crippen molar-refractivity contribution in [1.29, 1.82) is 0 Å². The Bertz CT molecular complexity index is 3150. The molecule has 3 nitrogen and oxygen atoms in total. The van der Waals surface area contributed by atoms with Gasteiger partial charge in [-0.05, 0) is 94.2 Å². The zero-order chi connectivity index (χ0) is 36.3. The Morgan fingerprint density at radius 1 is 0.382 bits per heavy atom. The number of hydrogen-bond acceptors (Lipinski definition) is 2. The van der Waals surface area contributed by atoms with Gasteiger partial charge in [0.15, 0.2) is 0 Å². The van der Waals surface area contributed by atoms with Crippen LogP contribution in [0.25, 0.3) is 82.5 Å². The lowest BCUT2D eigenvalue weighted by Gasteiger charge is -2.29. The van der Waals surface area contributed by atoms with E-state index in [-0.39, 0.29) is 0 Å². The van der Waals surface area contributed by atoms with Crippen molar-refractivity contribution in [1.82, 2.24) is 4.57 Å². The Hall–Kier alpha value is -7.36. The van der Waals surface area contributed by atoms with Gasteiger partial charge in [-0.1, -0.05) is 140 Å². The average molecular weight is 703 g/mol. The summed E-state index contributed by atoms with van der Waals surface area (Å²) in [4.78, 5) is 2.40. The lowest BCUT2D eigenvalue weighted by Crippen LogP contribution is -2.12. The van der Waals surface area contributed by atoms with Gasteiger partial charge in [0, 0.05) is 44.2 Å². The van der Waals surface area contributed by atoms with Crippen LogP contribution in [0.2, 0.25) is 0 Å². The van der Waals surface area contributed by atoms with Crippen molar-refractivity contribution in [2.45, 2.75) is 0 Å². The second kappa shape index (κ2) is 12.6. The van der Waals surface area contributed by atoms with E-state index in [0.717, 1.165) is 55.8 Å². The maximum atomic E-state index is 6.56. The van der Waals surface area contributed by atoms with Gasteiger partial charge in [-0.3, -0.25) is 0 Å². The maximum Gasteiger partial charge on any atom is 0.136 e. The summed E-state index contributed by atoms with van der Waals surface area (Å²) in [5.41, 5.74) is 13.1. The van der Waals surface area contributed by atoms with E-state index >= 15 is 0 Å². The summed E-state index contributed by atoms with van der Waals surface area (Å²) in [6.45, 7) is 0. The van der Waals surface area contributed by atoms with Crippen molar-refractivity contribution in [2.75, 3.05) is 4.90 Å². The van der Waals surface area contributed by atoms with Crippen LogP contribution in [0.4, 0.5) is 17.1 Å². The smallest absolute Gasteiger partial charge is 0.136 e. The average Bonchev–Trinajstić information content (AvgIpc) is 3.79. The molecule has 0 fully saturated rings. The molecule has 3 heteroatoms. The molecule has 258 valence electrons. The zero-order valence-electron chi connectivity index (χ0n) is 29.9. The Morgan fingerprint density at radius 3 is 1.78 bits per heavy atom. The first-order valence-corrected chi connectivity index (χ1v) is 18.8. The highest BCUT2D eigenvalue weighted by molar-refractivity contribution is 6.16. The highest BCUT2D eigenvalue weighted by atomic mass is 16.3. The van der Waals surface area contributed by atoms with E-state index in [9.17, 15) is 0 Å². The molecule has 0 spiro atoms. The number of fused-ring (bicyclic) bond motifs is 7. The number of benzene rings is 9. The molecule has 0 atom stereocenters. The van der Waals surface area contributed by atoms with Crippen LogP contribution in [-0.4, -0.2) is 4.57 Å². The van der Waals surface area contributed by atoms with Crippen LogP contribution < -0.4 is 4.90 Å². The minimum absolute atomic E-state index is 0.879. The molecule has 0 aliphatic heterocycles. The lowest BCUT2D eigenvalue weighted by atomic mass is 9.96. The summed E-state index contributed by atoms with van der Waals surface area (Å²) in [5, 5.41) is 7.10. The third-order valence-electron chi connectivity index (χ3n) is 11.0. The summed E-state index contributed by atoms with van der Waals surface area (Å²) in [6.07, 6.45) is 0. The Labute approximate surface area is 318 Å². The number of rotatable bonds is 6. The van der Waals surface area contributed by atoms with Gasteiger partial charge in [0.05, 0.1) is 16.7 Å². The number of anilines is 3. The highest BCUT2D eigenvalue weighted by Crippen LogP contribution is 2.46. The molecule has 0 amide bonds. The molecule has 0 saturated heterocycles. The van der Waals surface area contributed by atoms with E-state index in [2.05, 4.69) is 216 Å². The monoisotopic (exact) mass is 702 g/mol. The summed E-state index contributed by atoms with van der Waals surface area (Å²) in [7, 11) is 0. The minimum atomic E-state index is 0.879. The van der Waals surface area contributed by atoms with E-state index in [4.69, 9.17) is 4.42 Å². The van der Waals surface area contributed by atoms with Gasteiger partial charge in [0.1, 0.15) is 11.2 Å². The Morgan fingerprint density at radius 2 is 1.00 bits per heavy atom. The first kappa shape index (κ1) is 31.2. The van der Waals surface area contributed by atoms with Crippen LogP contribution in [0, 0.1) is 0 Å². The Kier molecular flexibility index (Phi) is 7.17. The SMILES string of the molecule is c1ccc(-c2ccc(N(c3cccc(-n4c5ccccc5c5ccccc54)c3)c3ccccc3-c3cccc4oc5cc6ccccc6cc5c34)cc2)cc1. The molecule has 0 bridgehead atoms. The van der Waals surface area contributed by atoms with Crippen LogP contribution in [-0.2, 0) is 0 Å². The van der Waals surface area contributed by atoms with Gasteiger partial charge < -0.3 is 13.9 Å². The second-order valence-corrected chi connectivity index (χ2v) is 14.1. The maximum absolute atomic E-state index is 6.56. The van der Waals surface area contributed by atoms with Crippen molar-refractivity contribution in [3.8, 4) is 27.9 Å². The lowest BCUT2D eigenvalue weighted by molar-refractivity contribution is 0.669. The Balaban J connectivity index is 1.14. The normalized spacial score (nSPS) is 11.6. The zero-order valence-corrected chi connectivity index (χ0v) is 29.9. The molecule has 0 N–H and O–H groups in total. The van der Waals surface area contributed by atoms with Crippen LogP contribution in [0.3, 0.4) is 0 Å². The topological polar surface area (TPSA) is 21.3 Å². The summed E-state index contributed by atoms with van der Waals surface area (Å²) in [5.74, 6) is 0. The molecule has 0 aliphatic rings. The van der Waals surface area contributed by atoms with E-state index in [1.807, 2.05) is 0 Å². The predicted octanol–water partition coefficient (Wildman–Crippen LogP) is 14.6. The fraction of sp³-hybridized carbons (Fsp3) is 0. The van der Waals surface area contributed by atoms with Crippen molar-refractivity contribution in [2.24, 2.45) is 0 Å². The molecular weight excluding hydrogens is 669 g/mol. The molecule has 0 radical (unpaired) electrons. The number of hydrogen-bond donors (Lipinski definition) is 0. The standard InChI is InChI=1S/C52H34N2O/c1-2-14-35(15-3-1)36-28-30-39(31-29-36)53(40-18-12-19-41(34-40)54-48-25-10-6-20-42(48)43-21-7-11-26-49(43)54)47-24-9-8-22-44(47)45-23-13-27-50-52(45)46-32-37-16-4-5-17-38(37)33-51(46)55-50/h1-34H. The van der Waals surface area contributed by atoms with Crippen molar-refractivity contribution in [3.63, 3.8) is 0 Å². The second-order valence-electron chi connectivity index (χ2n) is 14.1. The van der Waals surface area contributed by atoms with E-state index < -0.39 is 0 Å². The summed E-state index contributed by atoms with van der Waals surface area (Å²) < 4.78 is 8.95. The molecule has 2 heterocycles. The molecular formula is C52H34N2O. The molecule has 9 aromatic carbocycles. The first-order valence-electron chi connectivity index (χ1n) is 18.8. The van der Waals surface area contributed by atoms with E-state index in [1.165, 1.54) is 43.7 Å². The van der Waals surface area contributed by atoms with Gasteiger partial charge in [-0.2, -0.15) is 0 Å². The molecule has 2 aromatic heterocycles. The number of para-hydroxylation sites is 3. The highest BCUT2D eigenvalue weighted by Gasteiger charge is 2.22. The number of furan rings is 1. The fourth-order valence-corrected chi connectivity index (χ4v) is 8.47. The molecule has 11 aromatic rings. The van der Waals surface area contributed by atoms with Crippen molar-refractivity contribution < 1.29 is 4.42 Å². The molecule has 0 saturated carbocycles. The van der Waals surface area contributed by atoms with E-state index in [1.54, 1.807) is 0 Å². The summed E-state index contributed by atoms with van der Waals surface area (Å²) >= 11 is 0. The molecule has 0 aliphatic carbocycles. The van der Waals surface area contributed by atoms with Crippen LogP contribution in [0.5, 0.6) is 0 Å². The van der Waals surface area contributed by atoms with Crippen molar-refractivity contribution >= 4 is 71.6 Å². The summed E-state index contributed by atoms with van der Waals surface area (Å²) in [6, 6.07) is 74.0. The first-order chi connectivity index (χ1) is 27.3. The predicted molar refractivity (Wildman–Crippen MR) is 231 cm³/mol. The van der Waals surface area contributed by atoms with E-state index in [0.29, 0.717) is 0 Å². The van der Waals surface area contributed by atoms with Gasteiger partial charge in [-0.15, -0.1) is 0 Å². The van der Waals surface area contributed by atoms with Gasteiger partial charge >= 0.3 is 0 Å². The number of nitrogens with zero attached hydrogens (tertiary/aromatic N) is 2. The van der Waals surface area contributed by atoms with Crippen LogP contribution in [0.1, 0.15) is 0 Å². The molecule has 55 heavy (non-hydrogen) atoms. The molecule has 0 unspecified atom stereocenters. The van der Waals surface area contributed by atoms with Crippen LogP contribution in [0.15, 0.2) is 211 Å². The number of aromatic nitrogens is 1. The van der Waals surface area contributed by atoms with Crippen molar-refractivity contribution in [3.05, 3.63) is 206 Å². The fourth-order valence-electron chi connectivity index (χ4n) is 8.47. The van der Waals surface area contributed by atoms with Gasteiger partial charge in [0.25, 0.3) is 0 Å². The molecule has 11 rings (SSSR count). The minimum Gasteiger partial charge on any atom is -0.456 e. The third kappa shape index (κ3) is 5.13. The largest absolute Gasteiger partial charge is 0.456 e. The van der Waals surface area contributed by atoms with Gasteiger partial charge in [-0.25, -0.2) is 0 Å². The van der Waals surface area contributed by atoms with Crippen LogP contribution >= 0.6 is 0 Å².